The minimum absolute atomic E-state index is 0.0841. The Morgan fingerprint density at radius 3 is 2.65 bits per heavy atom. The van der Waals surface area contributed by atoms with Crippen LogP contribution in [0.25, 0.3) is 21.2 Å². The molecule has 2 rings (SSSR count). The SMILES string of the molecule is [N-]=[N+]=Nc1ccc2c(S(=O)O)cccc2c1O. The Hall–Kier alpha value is -2.08. The number of phenols is 1. The van der Waals surface area contributed by atoms with E-state index in [1.807, 2.05) is 0 Å². The highest BCUT2D eigenvalue weighted by atomic mass is 32.2. The maximum absolute atomic E-state index is 11.1. The van der Waals surface area contributed by atoms with Crippen molar-refractivity contribution in [1.82, 2.24) is 0 Å². The number of fused-ring (bicyclic) bond motifs is 1. The molecule has 17 heavy (non-hydrogen) atoms. The van der Waals surface area contributed by atoms with Gasteiger partial charge in [-0.3, -0.25) is 0 Å². The van der Waals surface area contributed by atoms with Crippen molar-refractivity contribution >= 4 is 27.5 Å². The van der Waals surface area contributed by atoms with E-state index in [2.05, 4.69) is 10.0 Å². The van der Waals surface area contributed by atoms with Crippen LogP contribution in [0.15, 0.2) is 40.3 Å². The minimum atomic E-state index is -2.14. The maximum Gasteiger partial charge on any atom is 0.187 e. The van der Waals surface area contributed by atoms with Gasteiger partial charge in [0, 0.05) is 15.7 Å². The zero-order valence-corrected chi connectivity index (χ0v) is 9.26. The monoisotopic (exact) mass is 249 g/mol. The van der Waals surface area contributed by atoms with Gasteiger partial charge in [-0.1, -0.05) is 23.3 Å². The molecule has 0 radical (unpaired) electrons. The zero-order chi connectivity index (χ0) is 12.4. The first-order valence-electron chi connectivity index (χ1n) is 4.56. The summed E-state index contributed by atoms with van der Waals surface area (Å²) >= 11 is -2.14. The third-order valence-electron chi connectivity index (χ3n) is 2.31. The van der Waals surface area contributed by atoms with Crippen molar-refractivity contribution < 1.29 is 13.9 Å². The molecule has 1 atom stereocenters. The number of azide groups is 1. The molecule has 1 unspecified atom stereocenters. The molecule has 2 aromatic carbocycles. The Morgan fingerprint density at radius 1 is 1.24 bits per heavy atom. The van der Waals surface area contributed by atoms with Crippen molar-refractivity contribution in [2.24, 2.45) is 5.11 Å². The average Bonchev–Trinajstić information content (AvgIpc) is 2.32. The van der Waals surface area contributed by atoms with Gasteiger partial charge in [-0.25, -0.2) is 4.21 Å². The Balaban J connectivity index is 2.84. The molecule has 86 valence electrons. The van der Waals surface area contributed by atoms with Gasteiger partial charge < -0.3 is 9.66 Å². The number of hydrogen-bond acceptors (Lipinski definition) is 3. The fourth-order valence-electron chi connectivity index (χ4n) is 1.58. The van der Waals surface area contributed by atoms with Gasteiger partial charge in [0.1, 0.15) is 5.75 Å². The summed E-state index contributed by atoms with van der Waals surface area (Å²) < 4.78 is 20.2. The lowest BCUT2D eigenvalue weighted by atomic mass is 10.1. The standard InChI is InChI=1S/C10H7N3O3S/c11-13-12-8-5-4-6-7(10(8)14)2-1-3-9(6)17(15)16/h1-5,14H,(H,15,16). The quantitative estimate of drug-likeness (QED) is 0.369. The summed E-state index contributed by atoms with van der Waals surface area (Å²) in [5, 5.41) is 14.0. The van der Waals surface area contributed by atoms with Crippen LogP contribution < -0.4 is 0 Å². The highest BCUT2D eigenvalue weighted by Gasteiger charge is 2.10. The predicted molar refractivity (Wildman–Crippen MR) is 63.5 cm³/mol. The van der Waals surface area contributed by atoms with Gasteiger partial charge in [-0.15, -0.1) is 0 Å². The first-order chi connectivity index (χ1) is 8.15. The second-order valence-corrected chi connectivity index (χ2v) is 4.16. The van der Waals surface area contributed by atoms with Crippen LogP contribution in [0.4, 0.5) is 5.69 Å². The van der Waals surface area contributed by atoms with Gasteiger partial charge in [0.05, 0.1) is 10.6 Å². The van der Waals surface area contributed by atoms with Crippen LogP contribution in [0.5, 0.6) is 5.75 Å². The predicted octanol–water partition coefficient (Wildman–Crippen LogP) is 3.07. The van der Waals surface area contributed by atoms with E-state index in [-0.39, 0.29) is 16.3 Å². The minimum Gasteiger partial charge on any atom is -0.507 e. The molecule has 0 heterocycles. The Bertz CT molecular complexity index is 665. The lowest BCUT2D eigenvalue weighted by Crippen LogP contribution is -1.89. The third-order valence-corrected chi connectivity index (χ3v) is 3.04. The molecular formula is C10H7N3O3S. The van der Waals surface area contributed by atoms with E-state index in [1.54, 1.807) is 12.1 Å². The molecule has 0 saturated heterocycles. The molecule has 6 nitrogen and oxygen atoms in total. The van der Waals surface area contributed by atoms with Gasteiger partial charge in [0.15, 0.2) is 11.1 Å². The Kier molecular flexibility index (Phi) is 2.97. The van der Waals surface area contributed by atoms with E-state index in [4.69, 9.17) is 10.1 Å². The van der Waals surface area contributed by atoms with E-state index in [1.165, 1.54) is 18.2 Å². The number of aromatic hydroxyl groups is 1. The van der Waals surface area contributed by atoms with E-state index in [0.717, 1.165) is 0 Å². The molecule has 0 saturated carbocycles. The first-order valence-corrected chi connectivity index (χ1v) is 5.66. The van der Waals surface area contributed by atoms with Crippen molar-refractivity contribution in [2.75, 3.05) is 0 Å². The summed E-state index contributed by atoms with van der Waals surface area (Å²) in [6.07, 6.45) is 0. The summed E-state index contributed by atoms with van der Waals surface area (Å²) in [5.74, 6) is -0.201. The van der Waals surface area contributed by atoms with Crippen molar-refractivity contribution in [3.05, 3.63) is 40.8 Å². The lowest BCUT2D eigenvalue weighted by Gasteiger charge is -2.06. The highest BCUT2D eigenvalue weighted by Crippen LogP contribution is 2.36. The van der Waals surface area contributed by atoms with Crippen molar-refractivity contribution in [3.63, 3.8) is 0 Å². The molecule has 7 heteroatoms. The summed E-state index contributed by atoms with van der Waals surface area (Å²) in [6.45, 7) is 0. The molecule has 0 aromatic heterocycles. The zero-order valence-electron chi connectivity index (χ0n) is 8.44. The van der Waals surface area contributed by atoms with Crippen LogP contribution in [-0.2, 0) is 11.1 Å². The number of phenolic OH excluding ortho intramolecular Hbond substituents is 1. The average molecular weight is 249 g/mol. The fraction of sp³-hybridized carbons (Fsp3) is 0. The number of hydrogen-bond donors (Lipinski definition) is 2. The van der Waals surface area contributed by atoms with Crippen LogP contribution in [0.3, 0.4) is 0 Å². The summed E-state index contributed by atoms with van der Waals surface area (Å²) in [6, 6.07) is 7.55. The molecular weight excluding hydrogens is 242 g/mol. The normalized spacial score (nSPS) is 12.1. The fourth-order valence-corrected chi connectivity index (χ4v) is 2.14. The summed E-state index contributed by atoms with van der Waals surface area (Å²) in [7, 11) is 0. The molecule has 0 amide bonds. The molecule has 0 fully saturated rings. The van der Waals surface area contributed by atoms with Gasteiger partial charge in [-0.2, -0.15) is 0 Å². The van der Waals surface area contributed by atoms with Crippen LogP contribution in [-0.4, -0.2) is 13.9 Å². The van der Waals surface area contributed by atoms with Crippen LogP contribution in [0.2, 0.25) is 0 Å². The Labute approximate surface area is 98.4 Å². The summed E-state index contributed by atoms with van der Waals surface area (Å²) in [4.78, 5) is 2.79. The van der Waals surface area contributed by atoms with E-state index < -0.39 is 11.1 Å². The number of benzene rings is 2. The number of nitrogens with zero attached hydrogens (tertiary/aromatic N) is 3. The van der Waals surface area contributed by atoms with E-state index >= 15 is 0 Å². The van der Waals surface area contributed by atoms with Crippen LogP contribution in [0, 0.1) is 0 Å². The van der Waals surface area contributed by atoms with E-state index in [9.17, 15) is 9.32 Å². The lowest BCUT2D eigenvalue weighted by molar-refractivity contribution is 0.483. The molecule has 0 aliphatic rings. The van der Waals surface area contributed by atoms with Gasteiger partial charge >= 0.3 is 0 Å². The molecule has 2 aromatic rings. The number of rotatable bonds is 2. The van der Waals surface area contributed by atoms with E-state index in [0.29, 0.717) is 10.8 Å². The topological polar surface area (TPSA) is 106 Å². The highest BCUT2D eigenvalue weighted by molar-refractivity contribution is 7.79. The molecule has 0 spiro atoms. The third kappa shape index (κ3) is 1.94. The largest absolute Gasteiger partial charge is 0.507 e. The second-order valence-electron chi connectivity index (χ2n) is 3.22. The Morgan fingerprint density at radius 2 is 2.00 bits per heavy atom. The van der Waals surface area contributed by atoms with Gasteiger partial charge in [0.25, 0.3) is 0 Å². The van der Waals surface area contributed by atoms with Gasteiger partial charge in [-0.05, 0) is 17.7 Å². The van der Waals surface area contributed by atoms with Gasteiger partial charge in [0.2, 0.25) is 0 Å². The molecule has 0 aliphatic carbocycles. The van der Waals surface area contributed by atoms with Crippen molar-refractivity contribution in [2.45, 2.75) is 4.90 Å². The van der Waals surface area contributed by atoms with Crippen LogP contribution in [0.1, 0.15) is 0 Å². The van der Waals surface area contributed by atoms with Crippen molar-refractivity contribution in [3.8, 4) is 5.75 Å². The maximum atomic E-state index is 11.1. The van der Waals surface area contributed by atoms with Crippen molar-refractivity contribution in [1.29, 1.82) is 0 Å². The summed E-state index contributed by atoms with van der Waals surface area (Å²) in [5.41, 5.74) is 8.40. The smallest absolute Gasteiger partial charge is 0.187 e. The first kappa shape index (κ1) is 11.4. The molecule has 2 N–H and O–H groups in total. The molecule has 0 bridgehead atoms. The van der Waals surface area contributed by atoms with Crippen LogP contribution >= 0.6 is 0 Å². The second kappa shape index (κ2) is 4.42. The molecule has 0 aliphatic heterocycles.